The maximum Gasteiger partial charge on any atom is 0.312 e. The number of aromatic nitrogens is 1. The van der Waals surface area contributed by atoms with Gasteiger partial charge in [-0.2, -0.15) is 0 Å². The van der Waals surface area contributed by atoms with Gasteiger partial charge in [0.1, 0.15) is 5.54 Å². The maximum atomic E-state index is 17.5. The second-order valence-corrected chi connectivity index (χ2v) is 12.3. The number of halogens is 1. The Hall–Kier alpha value is -3.85. The number of carbonyl (C=O) groups excluding carboxylic acids is 2. The molecular weight excluding hydrogens is 559 g/mol. The van der Waals surface area contributed by atoms with E-state index in [1.165, 1.54) is 14.2 Å². The molecule has 8 bridgehead atoms. The molecule has 8 nitrogen and oxygen atoms in total. The summed E-state index contributed by atoms with van der Waals surface area (Å²) in [5, 5.41) is 5.05. The van der Waals surface area contributed by atoms with Crippen molar-refractivity contribution in [2.24, 2.45) is 27.7 Å². The standard InChI is InChI=1S/C35H43FN4O4/c1-10-28-21(5)33(11-2)23(7)35(22(6)32(42)44-9)30(20(4)31(41)43-8)19(3)29(39-35)17-26-13-12-24(37-26)16-25-14-15-27(38-25)18-34(28,36)40-33/h12-18,20,22-23,37,40H,10-11H2,1-9H3/b24-16-,26-17-,27-18-. The van der Waals surface area contributed by atoms with Crippen LogP contribution in [0.15, 0.2) is 68.3 Å². The van der Waals surface area contributed by atoms with Gasteiger partial charge in [0.05, 0.1) is 43.2 Å². The summed E-state index contributed by atoms with van der Waals surface area (Å²) in [4.78, 5) is 40.3. The number of fused-ring (bicyclic) bond motifs is 6. The SMILES string of the molecule is CCC1=C(C)C2(CC)NC1(F)/C=C1/C=CC(=N1)/C=c1/cc/c([nH]1)=C/C1=NC(C(C)C(=O)OC)(C(C(C)C(=O)OC)=C1C)C2C. The molecule has 0 saturated heterocycles. The summed E-state index contributed by atoms with van der Waals surface area (Å²) in [6.45, 7) is 13.4. The van der Waals surface area contributed by atoms with E-state index in [9.17, 15) is 9.59 Å². The van der Waals surface area contributed by atoms with Crippen molar-refractivity contribution in [3.05, 3.63) is 69.0 Å². The van der Waals surface area contributed by atoms with Crippen LogP contribution in [0.2, 0.25) is 0 Å². The van der Waals surface area contributed by atoms with Gasteiger partial charge in [0.15, 0.2) is 0 Å². The Balaban J connectivity index is 1.92. The third-order valence-corrected chi connectivity index (χ3v) is 10.4. The van der Waals surface area contributed by atoms with Crippen molar-refractivity contribution in [2.45, 2.75) is 78.2 Å². The van der Waals surface area contributed by atoms with Crippen LogP contribution in [0, 0.1) is 17.8 Å². The number of hydrogen-bond acceptors (Lipinski definition) is 7. The van der Waals surface area contributed by atoms with Gasteiger partial charge in [-0.1, -0.05) is 20.8 Å². The molecule has 4 aliphatic rings. The van der Waals surface area contributed by atoms with Gasteiger partial charge in [-0.3, -0.25) is 19.9 Å². The third kappa shape index (κ3) is 4.59. The van der Waals surface area contributed by atoms with Crippen molar-refractivity contribution >= 4 is 35.5 Å². The molecule has 2 N–H and O–H groups in total. The fourth-order valence-electron chi connectivity index (χ4n) is 8.09. The van der Waals surface area contributed by atoms with Gasteiger partial charge in [-0.05, 0) is 105 Å². The number of alkyl halides is 1. The molecule has 0 amide bonds. The van der Waals surface area contributed by atoms with Gasteiger partial charge in [0, 0.05) is 22.2 Å². The van der Waals surface area contributed by atoms with E-state index in [4.69, 9.17) is 19.5 Å². The topological polar surface area (TPSA) is 105 Å². The molecule has 9 heteroatoms. The number of hydrogen-bond donors (Lipinski definition) is 2. The highest BCUT2D eigenvalue weighted by atomic mass is 19.1. The van der Waals surface area contributed by atoms with E-state index in [1.54, 1.807) is 19.9 Å². The van der Waals surface area contributed by atoms with Gasteiger partial charge in [0.2, 0.25) is 5.79 Å². The molecule has 0 radical (unpaired) electrons. The number of H-pyrrole nitrogens is 1. The predicted octanol–water partition coefficient (Wildman–Crippen LogP) is 4.39. The smallest absolute Gasteiger partial charge is 0.312 e. The van der Waals surface area contributed by atoms with E-state index < -0.39 is 46.6 Å². The van der Waals surface area contributed by atoms with Crippen molar-refractivity contribution in [3.63, 3.8) is 0 Å². The number of allylic oxidation sites excluding steroid dienone is 3. The molecule has 6 atom stereocenters. The zero-order valence-corrected chi connectivity index (χ0v) is 27.1. The number of methoxy groups -OCH3 is 2. The number of ether oxygens (including phenoxy) is 2. The fourth-order valence-corrected chi connectivity index (χ4v) is 8.09. The van der Waals surface area contributed by atoms with Crippen LogP contribution in [0.1, 0.15) is 61.3 Å². The van der Waals surface area contributed by atoms with E-state index in [0.717, 1.165) is 21.8 Å². The average Bonchev–Trinajstić information content (AvgIpc) is 3.75. The Morgan fingerprint density at radius 3 is 2.32 bits per heavy atom. The minimum Gasteiger partial charge on any atom is -0.469 e. The molecule has 234 valence electrons. The van der Waals surface area contributed by atoms with Crippen LogP contribution in [0.5, 0.6) is 0 Å². The lowest BCUT2D eigenvalue weighted by atomic mass is 9.59. The van der Waals surface area contributed by atoms with E-state index in [0.29, 0.717) is 41.1 Å². The molecule has 1 aromatic rings. The normalized spacial score (nSPS) is 33.4. The number of nitrogens with zero attached hydrogens (tertiary/aromatic N) is 2. The first-order valence-electron chi connectivity index (χ1n) is 15.4. The number of esters is 2. The molecule has 6 unspecified atom stereocenters. The highest BCUT2D eigenvalue weighted by Crippen LogP contribution is 2.56. The molecule has 0 fully saturated rings. The summed E-state index contributed by atoms with van der Waals surface area (Å²) in [6.07, 6.45) is 10.0. The fraction of sp³-hybridized carbons (Fsp3) is 0.486. The Morgan fingerprint density at radius 1 is 1.05 bits per heavy atom. The number of carbonyl (C=O) groups is 2. The Labute approximate surface area is 258 Å². The Morgan fingerprint density at radius 2 is 1.70 bits per heavy atom. The largest absolute Gasteiger partial charge is 0.469 e. The second kappa shape index (κ2) is 11.3. The van der Waals surface area contributed by atoms with Gasteiger partial charge in [-0.25, -0.2) is 9.38 Å². The molecular formula is C35H43FN4O4. The molecule has 0 aliphatic carbocycles. The summed E-state index contributed by atoms with van der Waals surface area (Å²) < 4.78 is 28.1. The number of rotatable bonds is 6. The zero-order valence-electron chi connectivity index (χ0n) is 27.1. The summed E-state index contributed by atoms with van der Waals surface area (Å²) >= 11 is 0. The third-order valence-electron chi connectivity index (χ3n) is 10.4. The number of aliphatic imine (C=N–C) groups is 2. The first kappa shape index (κ1) is 31.6. The van der Waals surface area contributed by atoms with Crippen molar-refractivity contribution in [1.82, 2.24) is 10.3 Å². The average molecular weight is 603 g/mol. The second-order valence-electron chi connectivity index (χ2n) is 12.3. The van der Waals surface area contributed by atoms with Crippen molar-refractivity contribution in [3.8, 4) is 0 Å². The molecule has 0 saturated carbocycles. The van der Waals surface area contributed by atoms with Crippen LogP contribution in [0.4, 0.5) is 4.39 Å². The van der Waals surface area contributed by atoms with E-state index in [-0.39, 0.29) is 0 Å². The Bertz CT molecular complexity index is 1730. The predicted molar refractivity (Wildman–Crippen MR) is 171 cm³/mol. The minimum atomic E-state index is -2.00. The monoisotopic (exact) mass is 602 g/mol. The van der Waals surface area contributed by atoms with Gasteiger partial charge in [0.25, 0.3) is 0 Å². The summed E-state index contributed by atoms with van der Waals surface area (Å²) in [5.41, 5.74) is 2.56. The van der Waals surface area contributed by atoms with Crippen LogP contribution in [0.3, 0.4) is 0 Å². The lowest BCUT2D eigenvalue weighted by Gasteiger charge is -2.50. The summed E-state index contributed by atoms with van der Waals surface area (Å²) in [6, 6.07) is 3.88. The molecule has 4 aliphatic heterocycles. The van der Waals surface area contributed by atoms with Crippen LogP contribution in [-0.4, -0.2) is 59.4 Å². The first-order valence-corrected chi connectivity index (χ1v) is 15.4. The molecule has 5 rings (SSSR count). The summed E-state index contributed by atoms with van der Waals surface area (Å²) in [7, 11) is 2.71. The number of aromatic amines is 1. The van der Waals surface area contributed by atoms with Gasteiger partial charge >= 0.3 is 11.9 Å². The quantitative estimate of drug-likeness (QED) is 0.286. The maximum absolute atomic E-state index is 17.5. The van der Waals surface area contributed by atoms with Crippen LogP contribution in [-0.2, 0) is 19.1 Å². The highest BCUT2D eigenvalue weighted by Gasteiger charge is 2.63. The first-order chi connectivity index (χ1) is 20.8. The number of nitrogens with one attached hydrogen (secondary N) is 2. The van der Waals surface area contributed by atoms with Crippen LogP contribution >= 0.6 is 0 Å². The molecule has 44 heavy (non-hydrogen) atoms. The van der Waals surface area contributed by atoms with E-state index >= 15 is 4.39 Å². The van der Waals surface area contributed by atoms with Gasteiger partial charge < -0.3 is 14.5 Å². The summed E-state index contributed by atoms with van der Waals surface area (Å²) in [5.74, 6) is -4.99. The minimum absolute atomic E-state index is 0.440. The lowest BCUT2D eigenvalue weighted by Crippen LogP contribution is -2.62. The molecule has 0 spiro atoms. The van der Waals surface area contributed by atoms with Crippen molar-refractivity contribution in [1.29, 1.82) is 0 Å². The van der Waals surface area contributed by atoms with E-state index in [2.05, 4.69) is 10.3 Å². The van der Waals surface area contributed by atoms with Gasteiger partial charge in [-0.15, -0.1) is 0 Å². The Kier molecular flexibility index (Phi) is 8.08. The van der Waals surface area contributed by atoms with Crippen LogP contribution < -0.4 is 16.0 Å². The van der Waals surface area contributed by atoms with Crippen molar-refractivity contribution in [2.75, 3.05) is 14.2 Å². The lowest BCUT2D eigenvalue weighted by molar-refractivity contribution is -0.149. The van der Waals surface area contributed by atoms with E-state index in [1.807, 2.05) is 71.1 Å². The molecule has 0 aromatic carbocycles. The molecule has 1 aromatic heterocycles. The highest BCUT2D eigenvalue weighted by molar-refractivity contribution is 6.23. The van der Waals surface area contributed by atoms with Crippen molar-refractivity contribution < 1.29 is 23.5 Å². The zero-order chi connectivity index (χ0) is 32.2. The molecule has 5 heterocycles. The van der Waals surface area contributed by atoms with Crippen LogP contribution in [0.25, 0.3) is 12.2 Å².